The number of aromatic nitrogens is 3. The molecule has 0 spiro atoms. The number of nitrogens with one attached hydrogen (secondary N) is 1. The lowest BCUT2D eigenvalue weighted by Gasteiger charge is -2.34. The standard InChI is InChI=1S/C16H21N5O2/c22-16(14-4-2-10-23-14)20-8-5-12(6-9-20)19-13-3-1-7-21-15(13)17-11-18-21/h1,3,7,11-12,14,19H,2,4-6,8-10H2/t14-/m1/s1. The van der Waals surface area contributed by atoms with E-state index in [0.29, 0.717) is 6.04 Å². The van der Waals surface area contributed by atoms with Gasteiger partial charge in [0, 0.05) is 31.9 Å². The fourth-order valence-corrected chi connectivity index (χ4v) is 3.40. The van der Waals surface area contributed by atoms with E-state index in [2.05, 4.69) is 15.4 Å². The Morgan fingerprint density at radius 2 is 2.17 bits per heavy atom. The van der Waals surface area contributed by atoms with Crippen LogP contribution in [0.5, 0.6) is 0 Å². The third kappa shape index (κ3) is 2.88. The number of ether oxygens (including phenoxy) is 1. The number of anilines is 1. The molecule has 1 N–H and O–H groups in total. The molecule has 2 aliphatic rings. The van der Waals surface area contributed by atoms with Gasteiger partial charge in [-0.25, -0.2) is 9.50 Å². The van der Waals surface area contributed by atoms with Crippen molar-refractivity contribution in [2.24, 2.45) is 0 Å². The number of carbonyl (C=O) groups is 1. The molecular weight excluding hydrogens is 294 g/mol. The number of hydrogen-bond donors (Lipinski definition) is 1. The normalized spacial score (nSPS) is 22.6. The number of hydrogen-bond acceptors (Lipinski definition) is 5. The Balaban J connectivity index is 1.36. The number of piperidine rings is 1. The summed E-state index contributed by atoms with van der Waals surface area (Å²) in [6.07, 6.45) is 6.98. The Morgan fingerprint density at radius 1 is 1.30 bits per heavy atom. The van der Waals surface area contributed by atoms with Gasteiger partial charge in [0.15, 0.2) is 5.65 Å². The van der Waals surface area contributed by atoms with Gasteiger partial charge in [-0.3, -0.25) is 4.79 Å². The van der Waals surface area contributed by atoms with Crippen molar-refractivity contribution in [3.63, 3.8) is 0 Å². The average molecular weight is 315 g/mol. The molecule has 0 saturated carbocycles. The van der Waals surface area contributed by atoms with Crippen LogP contribution < -0.4 is 5.32 Å². The lowest BCUT2D eigenvalue weighted by Crippen LogP contribution is -2.46. The van der Waals surface area contributed by atoms with E-state index >= 15 is 0 Å². The average Bonchev–Trinajstić information content (AvgIpc) is 3.27. The number of rotatable bonds is 3. The van der Waals surface area contributed by atoms with E-state index in [-0.39, 0.29) is 12.0 Å². The van der Waals surface area contributed by atoms with Crippen LogP contribution in [0.1, 0.15) is 25.7 Å². The van der Waals surface area contributed by atoms with Crippen molar-refractivity contribution in [3.8, 4) is 0 Å². The van der Waals surface area contributed by atoms with Gasteiger partial charge in [0.1, 0.15) is 12.4 Å². The first-order valence-corrected chi connectivity index (χ1v) is 8.26. The molecule has 4 heterocycles. The van der Waals surface area contributed by atoms with Crippen LogP contribution in [0.15, 0.2) is 24.7 Å². The van der Waals surface area contributed by atoms with Crippen LogP contribution in [0.25, 0.3) is 5.65 Å². The summed E-state index contributed by atoms with van der Waals surface area (Å²) >= 11 is 0. The number of fused-ring (bicyclic) bond motifs is 1. The lowest BCUT2D eigenvalue weighted by atomic mass is 10.0. The molecular formula is C16H21N5O2. The molecule has 122 valence electrons. The SMILES string of the molecule is O=C([C@H]1CCCO1)N1CCC(Nc2cccn3ncnc23)CC1. The van der Waals surface area contributed by atoms with Crippen LogP contribution in [0.3, 0.4) is 0 Å². The summed E-state index contributed by atoms with van der Waals surface area (Å²) < 4.78 is 7.27. The van der Waals surface area contributed by atoms with Crippen molar-refractivity contribution in [2.45, 2.75) is 37.8 Å². The summed E-state index contributed by atoms with van der Waals surface area (Å²) in [5.74, 6) is 0.167. The van der Waals surface area contributed by atoms with E-state index in [4.69, 9.17) is 4.74 Å². The highest BCUT2D eigenvalue weighted by Crippen LogP contribution is 2.22. The van der Waals surface area contributed by atoms with Gasteiger partial charge >= 0.3 is 0 Å². The molecule has 2 aromatic rings. The lowest BCUT2D eigenvalue weighted by molar-refractivity contribution is -0.141. The first-order valence-electron chi connectivity index (χ1n) is 8.26. The maximum atomic E-state index is 12.4. The van der Waals surface area contributed by atoms with Gasteiger partial charge in [0.25, 0.3) is 5.91 Å². The van der Waals surface area contributed by atoms with E-state index < -0.39 is 0 Å². The summed E-state index contributed by atoms with van der Waals surface area (Å²) in [5.41, 5.74) is 1.83. The molecule has 1 amide bonds. The fourth-order valence-electron chi connectivity index (χ4n) is 3.40. The van der Waals surface area contributed by atoms with Gasteiger partial charge in [-0.2, -0.15) is 5.10 Å². The molecule has 23 heavy (non-hydrogen) atoms. The van der Waals surface area contributed by atoms with Gasteiger partial charge in [-0.1, -0.05) is 0 Å². The molecule has 0 unspecified atom stereocenters. The Morgan fingerprint density at radius 3 is 2.96 bits per heavy atom. The Kier molecular flexibility index (Phi) is 3.87. The molecule has 4 rings (SSSR count). The van der Waals surface area contributed by atoms with Gasteiger partial charge in [-0.05, 0) is 37.8 Å². The van der Waals surface area contributed by atoms with Crippen molar-refractivity contribution in [1.82, 2.24) is 19.5 Å². The number of nitrogens with zero attached hydrogens (tertiary/aromatic N) is 4. The zero-order valence-electron chi connectivity index (χ0n) is 13.0. The summed E-state index contributed by atoms with van der Waals surface area (Å²) in [4.78, 5) is 18.6. The molecule has 2 saturated heterocycles. The molecule has 0 aliphatic carbocycles. The molecule has 0 aromatic carbocycles. The molecule has 0 radical (unpaired) electrons. The minimum atomic E-state index is -0.204. The smallest absolute Gasteiger partial charge is 0.251 e. The molecule has 0 bridgehead atoms. The molecule has 2 fully saturated rings. The van der Waals surface area contributed by atoms with E-state index in [1.54, 1.807) is 10.8 Å². The number of amides is 1. The van der Waals surface area contributed by atoms with Gasteiger partial charge in [0.05, 0.1) is 5.69 Å². The first kappa shape index (κ1) is 14.4. The number of carbonyl (C=O) groups excluding carboxylic acids is 1. The van der Waals surface area contributed by atoms with Crippen LogP contribution in [0.4, 0.5) is 5.69 Å². The molecule has 2 aromatic heterocycles. The van der Waals surface area contributed by atoms with Crippen molar-refractivity contribution >= 4 is 17.2 Å². The van der Waals surface area contributed by atoms with Crippen LogP contribution in [-0.2, 0) is 9.53 Å². The topological polar surface area (TPSA) is 71.8 Å². The fraction of sp³-hybridized carbons (Fsp3) is 0.562. The summed E-state index contributed by atoms with van der Waals surface area (Å²) in [6, 6.07) is 4.33. The van der Waals surface area contributed by atoms with Crippen molar-refractivity contribution in [2.75, 3.05) is 25.0 Å². The van der Waals surface area contributed by atoms with Crippen molar-refractivity contribution in [1.29, 1.82) is 0 Å². The Labute approximate surface area is 134 Å². The van der Waals surface area contributed by atoms with Crippen LogP contribution in [-0.4, -0.2) is 57.2 Å². The zero-order chi connectivity index (χ0) is 15.6. The van der Waals surface area contributed by atoms with Crippen LogP contribution >= 0.6 is 0 Å². The maximum absolute atomic E-state index is 12.4. The second-order valence-corrected chi connectivity index (χ2v) is 6.20. The highest BCUT2D eigenvalue weighted by Gasteiger charge is 2.30. The van der Waals surface area contributed by atoms with Gasteiger partial charge in [0.2, 0.25) is 0 Å². The third-order valence-electron chi connectivity index (χ3n) is 4.68. The van der Waals surface area contributed by atoms with Crippen molar-refractivity contribution in [3.05, 3.63) is 24.7 Å². The Hall–Kier alpha value is -2.15. The quantitative estimate of drug-likeness (QED) is 0.924. The number of pyridine rings is 1. The van der Waals surface area contributed by atoms with Crippen LogP contribution in [0.2, 0.25) is 0 Å². The number of likely N-dealkylation sites (tertiary alicyclic amines) is 1. The minimum Gasteiger partial charge on any atom is -0.379 e. The van der Waals surface area contributed by atoms with E-state index in [1.165, 1.54) is 0 Å². The third-order valence-corrected chi connectivity index (χ3v) is 4.68. The first-order chi connectivity index (χ1) is 11.3. The molecule has 2 aliphatic heterocycles. The molecule has 7 nitrogen and oxygen atoms in total. The maximum Gasteiger partial charge on any atom is 0.251 e. The second-order valence-electron chi connectivity index (χ2n) is 6.20. The predicted molar refractivity (Wildman–Crippen MR) is 85.2 cm³/mol. The molecule has 7 heteroatoms. The summed E-state index contributed by atoms with van der Waals surface area (Å²) in [6.45, 7) is 2.29. The van der Waals surface area contributed by atoms with Gasteiger partial charge < -0.3 is 15.0 Å². The molecule has 1 atom stereocenters. The minimum absolute atomic E-state index is 0.167. The van der Waals surface area contributed by atoms with Gasteiger partial charge in [-0.15, -0.1) is 0 Å². The monoisotopic (exact) mass is 315 g/mol. The predicted octanol–water partition coefficient (Wildman–Crippen LogP) is 1.31. The van der Waals surface area contributed by atoms with E-state index in [1.807, 2.05) is 23.2 Å². The van der Waals surface area contributed by atoms with E-state index in [9.17, 15) is 4.79 Å². The summed E-state index contributed by atoms with van der Waals surface area (Å²) in [5, 5.41) is 7.70. The summed E-state index contributed by atoms with van der Waals surface area (Å²) in [7, 11) is 0. The highest BCUT2D eigenvalue weighted by atomic mass is 16.5. The van der Waals surface area contributed by atoms with E-state index in [0.717, 1.165) is 56.7 Å². The largest absolute Gasteiger partial charge is 0.379 e. The van der Waals surface area contributed by atoms with Crippen LogP contribution in [0, 0.1) is 0 Å². The Bertz CT molecular complexity index is 687. The second kappa shape index (κ2) is 6.16. The van der Waals surface area contributed by atoms with Crippen molar-refractivity contribution < 1.29 is 9.53 Å². The zero-order valence-corrected chi connectivity index (χ0v) is 13.0. The highest BCUT2D eigenvalue weighted by molar-refractivity contribution is 5.81.